The highest BCUT2D eigenvalue weighted by Gasteiger charge is 2.22. The van der Waals surface area contributed by atoms with E-state index in [1.54, 1.807) is 26.4 Å². The highest BCUT2D eigenvalue weighted by Crippen LogP contribution is 2.34. The normalized spacial score (nSPS) is 13.3. The first kappa shape index (κ1) is 23.2. The number of aromatic nitrogens is 3. The van der Waals surface area contributed by atoms with Crippen molar-refractivity contribution in [1.29, 1.82) is 0 Å². The number of methoxy groups -OCH3 is 2. The molecule has 1 amide bonds. The summed E-state index contributed by atoms with van der Waals surface area (Å²) in [6, 6.07) is 11.8. The zero-order valence-corrected chi connectivity index (χ0v) is 19.8. The molecule has 2 heterocycles. The van der Waals surface area contributed by atoms with Crippen LogP contribution in [-0.2, 0) is 13.0 Å². The number of hydrogen-bond donors (Lipinski definition) is 3. The molecule has 3 aromatic rings. The van der Waals surface area contributed by atoms with Crippen molar-refractivity contribution >= 4 is 29.0 Å². The molecule has 0 bridgehead atoms. The van der Waals surface area contributed by atoms with Crippen molar-refractivity contribution < 1.29 is 14.3 Å². The first-order valence-corrected chi connectivity index (χ1v) is 11.0. The average Bonchev–Trinajstić information content (AvgIpc) is 2.83. The first-order valence-electron chi connectivity index (χ1n) is 11.0. The van der Waals surface area contributed by atoms with Gasteiger partial charge in [0, 0.05) is 19.1 Å². The summed E-state index contributed by atoms with van der Waals surface area (Å²) in [5.74, 6) is 0.870. The maximum atomic E-state index is 11.9. The molecular formula is C24H29N7O3. The summed E-state index contributed by atoms with van der Waals surface area (Å²) in [4.78, 5) is 18.8. The third kappa shape index (κ3) is 4.86. The number of carbonyl (C=O) groups excluding carboxylic acids is 1. The lowest BCUT2D eigenvalue weighted by atomic mass is 9.97. The molecule has 10 heteroatoms. The second kappa shape index (κ2) is 9.92. The van der Waals surface area contributed by atoms with Crippen LogP contribution in [0.25, 0.3) is 0 Å². The van der Waals surface area contributed by atoms with Gasteiger partial charge in [0.2, 0.25) is 5.95 Å². The van der Waals surface area contributed by atoms with Gasteiger partial charge >= 0.3 is 0 Å². The first-order chi connectivity index (χ1) is 16.4. The predicted octanol–water partition coefficient (Wildman–Crippen LogP) is 3.24. The minimum atomic E-state index is -0.746. The number of anilines is 4. The molecule has 1 aliphatic rings. The Morgan fingerprint density at radius 3 is 2.50 bits per heavy atom. The Bertz CT molecular complexity index is 1200. The van der Waals surface area contributed by atoms with Gasteiger partial charge in [0.05, 0.1) is 25.6 Å². The number of hydrogen-bond acceptors (Lipinski definition) is 9. The third-order valence-electron chi connectivity index (χ3n) is 5.82. The van der Waals surface area contributed by atoms with Crippen molar-refractivity contribution in [2.24, 2.45) is 5.73 Å². The summed E-state index contributed by atoms with van der Waals surface area (Å²) < 4.78 is 11.0. The van der Waals surface area contributed by atoms with Crippen molar-refractivity contribution in [3.63, 3.8) is 0 Å². The van der Waals surface area contributed by atoms with Gasteiger partial charge < -0.3 is 25.8 Å². The Kier molecular flexibility index (Phi) is 6.78. The van der Waals surface area contributed by atoms with Gasteiger partial charge in [-0.05, 0) is 55.7 Å². The molecule has 2 aromatic carbocycles. The fourth-order valence-electron chi connectivity index (χ4n) is 3.94. The fourth-order valence-corrected chi connectivity index (χ4v) is 3.94. The SMILES string of the molecule is COc1cc2c(cc1Nc1nnc(C(N)=O)c(Nc3ccccc3OC)n1)CN(C(C)C)CC2. The number of fused-ring (bicyclic) bond motifs is 1. The van der Waals surface area contributed by atoms with Crippen LogP contribution >= 0.6 is 0 Å². The summed E-state index contributed by atoms with van der Waals surface area (Å²) in [6.07, 6.45) is 0.961. The zero-order chi connectivity index (χ0) is 24.2. The van der Waals surface area contributed by atoms with E-state index in [4.69, 9.17) is 15.2 Å². The summed E-state index contributed by atoms with van der Waals surface area (Å²) in [5.41, 5.74) is 9.23. The highest BCUT2D eigenvalue weighted by atomic mass is 16.5. The summed E-state index contributed by atoms with van der Waals surface area (Å²) in [6.45, 7) is 6.26. The molecule has 0 fully saturated rings. The maximum Gasteiger partial charge on any atom is 0.273 e. The van der Waals surface area contributed by atoms with E-state index in [-0.39, 0.29) is 17.5 Å². The smallest absolute Gasteiger partial charge is 0.273 e. The minimum Gasteiger partial charge on any atom is -0.495 e. The van der Waals surface area contributed by atoms with Crippen LogP contribution in [0.5, 0.6) is 11.5 Å². The average molecular weight is 464 g/mol. The van der Waals surface area contributed by atoms with E-state index in [1.807, 2.05) is 12.1 Å². The van der Waals surface area contributed by atoms with Crippen LogP contribution in [-0.4, -0.2) is 52.8 Å². The van der Waals surface area contributed by atoms with Crippen LogP contribution in [0.1, 0.15) is 35.5 Å². The molecule has 10 nitrogen and oxygen atoms in total. The molecule has 4 N–H and O–H groups in total. The van der Waals surface area contributed by atoms with Crippen LogP contribution in [0, 0.1) is 0 Å². The molecule has 0 saturated heterocycles. The predicted molar refractivity (Wildman–Crippen MR) is 130 cm³/mol. The lowest BCUT2D eigenvalue weighted by Gasteiger charge is -2.32. The number of para-hydroxylation sites is 2. The van der Waals surface area contributed by atoms with Gasteiger partial charge in [-0.15, -0.1) is 10.2 Å². The Balaban J connectivity index is 1.67. The van der Waals surface area contributed by atoms with Crippen LogP contribution in [0.15, 0.2) is 36.4 Å². The number of nitrogens with one attached hydrogen (secondary N) is 2. The number of primary amides is 1. The van der Waals surface area contributed by atoms with Gasteiger partial charge in [-0.3, -0.25) is 9.69 Å². The number of carbonyl (C=O) groups is 1. The van der Waals surface area contributed by atoms with Crippen molar-refractivity contribution in [3.8, 4) is 11.5 Å². The van der Waals surface area contributed by atoms with Gasteiger partial charge in [-0.2, -0.15) is 4.98 Å². The largest absolute Gasteiger partial charge is 0.495 e. The molecule has 0 saturated carbocycles. The van der Waals surface area contributed by atoms with Crippen LogP contribution in [0.2, 0.25) is 0 Å². The molecular weight excluding hydrogens is 434 g/mol. The Morgan fingerprint density at radius 2 is 1.79 bits per heavy atom. The molecule has 4 rings (SSSR count). The van der Waals surface area contributed by atoms with Crippen LogP contribution in [0.3, 0.4) is 0 Å². The number of nitrogens with two attached hydrogens (primary N) is 1. The standard InChI is InChI=1S/C24H29N7O3/c1-14(2)31-10-9-15-12-20(34-4)18(11-16(15)13-31)27-24-28-23(21(22(25)32)29-30-24)26-17-7-5-6-8-19(17)33-3/h5-8,11-12,14H,9-10,13H2,1-4H3,(H2,25,32)(H2,26,27,28,30). The maximum absolute atomic E-state index is 11.9. The lowest BCUT2D eigenvalue weighted by molar-refractivity contribution is 0.0995. The van der Waals surface area contributed by atoms with E-state index < -0.39 is 5.91 Å². The van der Waals surface area contributed by atoms with Gasteiger partial charge in [0.15, 0.2) is 11.5 Å². The third-order valence-corrected chi connectivity index (χ3v) is 5.82. The van der Waals surface area contributed by atoms with E-state index in [0.29, 0.717) is 28.9 Å². The zero-order valence-electron chi connectivity index (χ0n) is 19.8. The summed E-state index contributed by atoms with van der Waals surface area (Å²) in [7, 11) is 3.18. The minimum absolute atomic E-state index is 0.0820. The van der Waals surface area contributed by atoms with Gasteiger partial charge in [0.25, 0.3) is 5.91 Å². The van der Waals surface area contributed by atoms with Crippen LogP contribution < -0.4 is 25.8 Å². The molecule has 0 unspecified atom stereocenters. The molecule has 1 aromatic heterocycles. The van der Waals surface area contributed by atoms with Gasteiger partial charge in [0.1, 0.15) is 11.5 Å². The second-order valence-electron chi connectivity index (χ2n) is 8.28. The number of nitrogens with zero attached hydrogens (tertiary/aromatic N) is 4. The Labute approximate surface area is 198 Å². The van der Waals surface area contributed by atoms with Crippen molar-refractivity contribution in [3.05, 3.63) is 53.2 Å². The Hall–Kier alpha value is -3.92. The van der Waals surface area contributed by atoms with Crippen molar-refractivity contribution in [2.75, 3.05) is 31.4 Å². The second-order valence-corrected chi connectivity index (χ2v) is 8.28. The van der Waals surface area contributed by atoms with Gasteiger partial charge in [-0.25, -0.2) is 0 Å². The topological polar surface area (TPSA) is 128 Å². The van der Waals surface area contributed by atoms with E-state index in [1.165, 1.54) is 11.1 Å². The van der Waals surface area contributed by atoms with E-state index in [0.717, 1.165) is 19.5 Å². The molecule has 0 radical (unpaired) electrons. The molecule has 0 atom stereocenters. The molecule has 0 spiro atoms. The van der Waals surface area contributed by atoms with E-state index in [9.17, 15) is 4.79 Å². The highest BCUT2D eigenvalue weighted by molar-refractivity contribution is 5.96. The van der Waals surface area contributed by atoms with Crippen molar-refractivity contribution in [2.45, 2.75) is 32.9 Å². The lowest BCUT2D eigenvalue weighted by Crippen LogP contribution is -2.35. The quantitative estimate of drug-likeness (QED) is 0.461. The monoisotopic (exact) mass is 463 g/mol. The van der Waals surface area contributed by atoms with E-state index >= 15 is 0 Å². The number of ether oxygens (including phenoxy) is 2. The summed E-state index contributed by atoms with van der Waals surface area (Å²) >= 11 is 0. The molecule has 178 valence electrons. The van der Waals surface area contributed by atoms with Gasteiger partial charge in [-0.1, -0.05) is 12.1 Å². The summed E-state index contributed by atoms with van der Waals surface area (Å²) in [5, 5.41) is 14.3. The number of amides is 1. The number of rotatable bonds is 8. The Morgan fingerprint density at radius 1 is 1.03 bits per heavy atom. The molecule has 0 aliphatic carbocycles. The fraction of sp³-hybridized carbons (Fsp3) is 0.333. The van der Waals surface area contributed by atoms with Crippen molar-refractivity contribution in [1.82, 2.24) is 20.1 Å². The van der Waals surface area contributed by atoms with Crippen LogP contribution in [0.4, 0.5) is 23.1 Å². The molecule has 1 aliphatic heterocycles. The number of benzene rings is 2. The van der Waals surface area contributed by atoms with E-state index in [2.05, 4.69) is 56.7 Å². The molecule has 34 heavy (non-hydrogen) atoms.